The standard InChI is InChI=1S/C14H24N2O4S/c1-10-4-3-7-15(8-10)21(19,20)16-9-11-5-2-6-12(11)13(16)14(17)18/h10-13H,2-9H2,1H3,(H,17,18). The summed E-state index contributed by atoms with van der Waals surface area (Å²) in [5, 5.41) is 9.52. The number of rotatable bonds is 3. The number of hydrogen-bond acceptors (Lipinski definition) is 3. The maximum Gasteiger partial charge on any atom is 0.322 e. The molecule has 4 atom stereocenters. The summed E-state index contributed by atoms with van der Waals surface area (Å²) in [6, 6.07) is -0.861. The molecule has 0 bridgehead atoms. The minimum absolute atomic E-state index is 0.000473. The molecule has 120 valence electrons. The van der Waals surface area contributed by atoms with Gasteiger partial charge in [0.15, 0.2) is 0 Å². The highest BCUT2D eigenvalue weighted by Gasteiger charge is 2.53. The van der Waals surface area contributed by atoms with Gasteiger partial charge in [0.05, 0.1) is 0 Å². The van der Waals surface area contributed by atoms with Crippen molar-refractivity contribution in [3.63, 3.8) is 0 Å². The smallest absolute Gasteiger partial charge is 0.322 e. The summed E-state index contributed by atoms with van der Waals surface area (Å²) in [5.41, 5.74) is 0. The van der Waals surface area contributed by atoms with Gasteiger partial charge in [0, 0.05) is 19.6 Å². The van der Waals surface area contributed by atoms with Gasteiger partial charge in [-0.1, -0.05) is 13.3 Å². The predicted octanol–water partition coefficient (Wildman–Crippen LogP) is 1.15. The molecule has 3 rings (SSSR count). The van der Waals surface area contributed by atoms with E-state index >= 15 is 0 Å². The van der Waals surface area contributed by atoms with E-state index in [1.54, 1.807) is 0 Å². The molecule has 3 fully saturated rings. The molecule has 4 unspecified atom stereocenters. The first-order chi connectivity index (χ1) is 9.91. The Morgan fingerprint density at radius 1 is 1.14 bits per heavy atom. The van der Waals surface area contributed by atoms with Crippen LogP contribution in [0.5, 0.6) is 0 Å². The molecule has 1 N–H and O–H groups in total. The molecule has 0 spiro atoms. The Balaban J connectivity index is 1.85. The zero-order valence-corrected chi connectivity index (χ0v) is 13.3. The van der Waals surface area contributed by atoms with Crippen molar-refractivity contribution in [3.05, 3.63) is 0 Å². The van der Waals surface area contributed by atoms with Crippen LogP contribution < -0.4 is 0 Å². The molecule has 3 aliphatic rings. The normalized spacial score (nSPS) is 38.5. The van der Waals surface area contributed by atoms with Crippen LogP contribution in [-0.4, -0.2) is 53.8 Å². The Morgan fingerprint density at radius 3 is 2.57 bits per heavy atom. The summed E-state index contributed by atoms with van der Waals surface area (Å²) in [6.45, 7) is 3.47. The summed E-state index contributed by atoms with van der Waals surface area (Å²) in [7, 11) is -3.65. The van der Waals surface area contributed by atoms with Gasteiger partial charge >= 0.3 is 5.97 Å². The fraction of sp³-hybridized carbons (Fsp3) is 0.929. The van der Waals surface area contributed by atoms with Crippen LogP contribution in [-0.2, 0) is 15.0 Å². The molecule has 2 aliphatic heterocycles. The molecule has 0 radical (unpaired) electrons. The second-order valence-electron chi connectivity index (χ2n) is 6.82. The van der Waals surface area contributed by atoms with Crippen molar-refractivity contribution in [2.75, 3.05) is 19.6 Å². The lowest BCUT2D eigenvalue weighted by Crippen LogP contribution is -2.52. The number of carbonyl (C=O) groups is 1. The third-order valence-corrected chi connectivity index (χ3v) is 7.30. The van der Waals surface area contributed by atoms with Gasteiger partial charge in [-0.25, -0.2) is 0 Å². The second kappa shape index (κ2) is 5.52. The molecule has 6 nitrogen and oxygen atoms in total. The zero-order chi connectivity index (χ0) is 15.2. The van der Waals surface area contributed by atoms with Crippen LogP contribution in [0.15, 0.2) is 0 Å². The van der Waals surface area contributed by atoms with Crippen molar-refractivity contribution in [2.24, 2.45) is 17.8 Å². The molecular formula is C14H24N2O4S. The molecule has 0 aromatic rings. The summed E-state index contributed by atoms with van der Waals surface area (Å²) in [4.78, 5) is 11.6. The van der Waals surface area contributed by atoms with E-state index in [1.165, 1.54) is 8.61 Å². The van der Waals surface area contributed by atoms with Crippen LogP contribution in [0.3, 0.4) is 0 Å². The fourth-order valence-corrected chi connectivity index (χ4v) is 6.33. The average molecular weight is 316 g/mol. The topological polar surface area (TPSA) is 77.9 Å². The minimum atomic E-state index is -3.65. The summed E-state index contributed by atoms with van der Waals surface area (Å²) >= 11 is 0. The molecule has 1 aliphatic carbocycles. The van der Waals surface area contributed by atoms with Gasteiger partial charge in [-0.2, -0.15) is 17.0 Å². The largest absolute Gasteiger partial charge is 0.480 e. The van der Waals surface area contributed by atoms with Crippen LogP contribution >= 0.6 is 0 Å². The molecule has 21 heavy (non-hydrogen) atoms. The molecule has 7 heteroatoms. The zero-order valence-electron chi connectivity index (χ0n) is 12.4. The summed E-state index contributed by atoms with van der Waals surface area (Å²) in [5.74, 6) is -0.417. The van der Waals surface area contributed by atoms with Gasteiger partial charge in [-0.05, 0) is 43.4 Å². The third-order valence-electron chi connectivity index (χ3n) is 5.34. The summed E-state index contributed by atoms with van der Waals surface area (Å²) < 4.78 is 28.5. The number of fused-ring (bicyclic) bond motifs is 1. The van der Waals surface area contributed by atoms with Crippen LogP contribution in [0, 0.1) is 17.8 Å². The molecule has 2 saturated heterocycles. The number of hydrogen-bond donors (Lipinski definition) is 1. The second-order valence-corrected chi connectivity index (χ2v) is 8.70. The fourth-order valence-electron chi connectivity index (χ4n) is 4.31. The van der Waals surface area contributed by atoms with E-state index in [1.807, 2.05) is 0 Å². The van der Waals surface area contributed by atoms with E-state index in [9.17, 15) is 18.3 Å². The van der Waals surface area contributed by atoms with Crippen LogP contribution in [0.2, 0.25) is 0 Å². The van der Waals surface area contributed by atoms with E-state index < -0.39 is 22.2 Å². The lowest BCUT2D eigenvalue weighted by atomic mass is 9.94. The highest BCUT2D eigenvalue weighted by atomic mass is 32.2. The first-order valence-corrected chi connectivity index (χ1v) is 9.30. The monoisotopic (exact) mass is 316 g/mol. The van der Waals surface area contributed by atoms with Crippen molar-refractivity contribution in [1.82, 2.24) is 8.61 Å². The number of carboxylic acid groups (broad SMARTS) is 1. The highest BCUT2D eigenvalue weighted by molar-refractivity contribution is 7.86. The van der Waals surface area contributed by atoms with Gasteiger partial charge in [0.2, 0.25) is 0 Å². The highest BCUT2D eigenvalue weighted by Crippen LogP contribution is 2.44. The number of aliphatic carboxylic acids is 1. The molecule has 0 aromatic heterocycles. The Morgan fingerprint density at radius 2 is 1.90 bits per heavy atom. The Kier molecular flexibility index (Phi) is 4.00. The van der Waals surface area contributed by atoms with Crippen LogP contribution in [0.4, 0.5) is 0 Å². The van der Waals surface area contributed by atoms with Crippen LogP contribution in [0.1, 0.15) is 39.0 Å². The Bertz CT molecular complexity index is 521. The number of carboxylic acids is 1. The quantitative estimate of drug-likeness (QED) is 0.847. The van der Waals surface area contributed by atoms with Crippen molar-refractivity contribution in [1.29, 1.82) is 0 Å². The van der Waals surface area contributed by atoms with Gasteiger partial charge < -0.3 is 5.11 Å². The van der Waals surface area contributed by atoms with Gasteiger partial charge in [-0.15, -0.1) is 0 Å². The van der Waals surface area contributed by atoms with Gasteiger partial charge in [0.1, 0.15) is 6.04 Å². The van der Waals surface area contributed by atoms with Gasteiger partial charge in [-0.3, -0.25) is 4.79 Å². The Labute approximate surface area is 126 Å². The number of piperidine rings is 1. The molecular weight excluding hydrogens is 292 g/mol. The van der Waals surface area contributed by atoms with E-state index in [0.29, 0.717) is 25.6 Å². The Hall–Kier alpha value is -0.660. The first kappa shape index (κ1) is 15.2. The van der Waals surface area contributed by atoms with E-state index in [0.717, 1.165) is 32.1 Å². The van der Waals surface area contributed by atoms with Crippen molar-refractivity contribution < 1.29 is 18.3 Å². The predicted molar refractivity (Wildman–Crippen MR) is 77.9 cm³/mol. The van der Waals surface area contributed by atoms with E-state index in [2.05, 4.69) is 6.92 Å². The average Bonchev–Trinajstić information content (AvgIpc) is 2.97. The minimum Gasteiger partial charge on any atom is -0.480 e. The molecule has 0 aromatic carbocycles. The van der Waals surface area contributed by atoms with Crippen LogP contribution in [0.25, 0.3) is 0 Å². The SMILES string of the molecule is CC1CCCN(S(=O)(=O)N2CC3CCCC3C2C(=O)O)C1. The maximum absolute atomic E-state index is 12.9. The molecule has 0 amide bonds. The maximum atomic E-state index is 12.9. The van der Waals surface area contributed by atoms with E-state index in [4.69, 9.17) is 0 Å². The lowest BCUT2D eigenvalue weighted by molar-refractivity contribution is -0.142. The molecule has 2 heterocycles. The summed E-state index contributed by atoms with van der Waals surface area (Å²) in [6.07, 6.45) is 4.72. The number of nitrogens with zero attached hydrogens (tertiary/aromatic N) is 2. The van der Waals surface area contributed by atoms with Crippen molar-refractivity contribution in [3.8, 4) is 0 Å². The third kappa shape index (κ3) is 2.59. The van der Waals surface area contributed by atoms with E-state index in [-0.39, 0.29) is 11.8 Å². The van der Waals surface area contributed by atoms with Crippen molar-refractivity contribution >= 4 is 16.2 Å². The first-order valence-electron chi connectivity index (χ1n) is 7.91. The lowest BCUT2D eigenvalue weighted by Gasteiger charge is -2.34. The molecule has 1 saturated carbocycles. The van der Waals surface area contributed by atoms with Gasteiger partial charge in [0.25, 0.3) is 10.2 Å². The van der Waals surface area contributed by atoms with Crippen molar-refractivity contribution in [2.45, 2.75) is 45.1 Å².